The predicted octanol–water partition coefficient (Wildman–Crippen LogP) is 6.94. The normalized spacial score (nSPS) is 25.6. The van der Waals surface area contributed by atoms with Crippen molar-refractivity contribution in [1.29, 1.82) is 5.26 Å². The fourth-order valence-electron chi connectivity index (χ4n) is 6.29. The molecule has 2 fully saturated rings. The Balaban J connectivity index is 1.64. The van der Waals surface area contributed by atoms with Crippen LogP contribution in [0.15, 0.2) is 53.1 Å². The monoisotopic (exact) mass is 422 g/mol. The molecule has 3 nitrogen and oxygen atoms in total. The zero-order chi connectivity index (χ0) is 22.7. The highest BCUT2D eigenvalue weighted by molar-refractivity contribution is 6.11. The molecule has 32 heavy (non-hydrogen) atoms. The lowest BCUT2D eigenvalue weighted by Gasteiger charge is -2.24. The summed E-state index contributed by atoms with van der Waals surface area (Å²) in [5.74, 6) is 0.442. The molecule has 160 valence electrons. The van der Waals surface area contributed by atoms with Crippen LogP contribution in [0.2, 0.25) is 0 Å². The zero-order valence-corrected chi connectivity index (χ0v) is 18.8. The van der Waals surface area contributed by atoms with Crippen molar-refractivity contribution in [3.8, 4) is 17.3 Å². The van der Waals surface area contributed by atoms with Crippen molar-refractivity contribution in [2.45, 2.75) is 51.3 Å². The van der Waals surface area contributed by atoms with Crippen LogP contribution >= 0.6 is 0 Å². The summed E-state index contributed by atoms with van der Waals surface area (Å²) < 4.78 is 18.4. The minimum atomic E-state index is -0.759. The van der Waals surface area contributed by atoms with Crippen LogP contribution < -0.4 is 4.57 Å². The molecule has 0 radical (unpaired) electrons. The molecule has 2 saturated carbocycles. The van der Waals surface area contributed by atoms with E-state index in [2.05, 4.69) is 55.1 Å². The number of aryl methyl sites for hydroxylation is 2. The number of nitriles is 1. The zero-order valence-electron chi connectivity index (χ0n) is 19.8. The number of aromatic nitrogens is 1. The maximum atomic E-state index is 10.0. The van der Waals surface area contributed by atoms with E-state index in [1.54, 1.807) is 0 Å². The quantitative estimate of drug-likeness (QED) is 0.328. The average Bonchev–Trinajstić information content (AvgIpc) is 3.36. The summed E-state index contributed by atoms with van der Waals surface area (Å²) in [5.41, 5.74) is 6.32. The van der Waals surface area contributed by atoms with Gasteiger partial charge >= 0.3 is 0 Å². The van der Waals surface area contributed by atoms with Crippen LogP contribution in [0.4, 0.5) is 0 Å². The summed E-state index contributed by atoms with van der Waals surface area (Å²) in [7, 11) is 2.05. The predicted molar refractivity (Wildman–Crippen MR) is 127 cm³/mol. The first-order chi connectivity index (χ1) is 16.0. The summed E-state index contributed by atoms with van der Waals surface area (Å²) in [6.07, 6.45) is 8.70. The minimum absolute atomic E-state index is 0.596. The van der Waals surface area contributed by atoms with Gasteiger partial charge in [-0.15, -0.1) is 0 Å². The molecule has 6 rings (SSSR count). The molecule has 0 amide bonds. The van der Waals surface area contributed by atoms with Crippen molar-refractivity contribution in [3.63, 3.8) is 0 Å². The van der Waals surface area contributed by atoms with Crippen LogP contribution in [0.5, 0.6) is 0 Å². The van der Waals surface area contributed by atoms with Gasteiger partial charge in [-0.3, -0.25) is 0 Å². The Morgan fingerprint density at radius 3 is 2.44 bits per heavy atom. The lowest BCUT2D eigenvalue weighted by atomic mass is 9.82. The molecule has 0 saturated heterocycles. The van der Waals surface area contributed by atoms with E-state index < -0.39 is 5.89 Å². The summed E-state index contributed by atoms with van der Waals surface area (Å²) in [4.78, 5) is 0. The molecular formula is C29H29N2O+. The van der Waals surface area contributed by atoms with Crippen molar-refractivity contribution in [1.82, 2.24) is 0 Å². The summed E-state index contributed by atoms with van der Waals surface area (Å²) >= 11 is 0. The van der Waals surface area contributed by atoms with Crippen molar-refractivity contribution in [3.05, 3.63) is 65.4 Å². The minimum Gasteiger partial charge on any atom is -0.455 e. The largest absolute Gasteiger partial charge is 0.455 e. The van der Waals surface area contributed by atoms with Gasteiger partial charge < -0.3 is 4.42 Å². The second-order valence-electron chi connectivity index (χ2n) is 9.73. The topological polar surface area (TPSA) is 40.8 Å². The number of benzene rings is 2. The summed E-state index contributed by atoms with van der Waals surface area (Å²) in [6.45, 7) is 2.12. The van der Waals surface area contributed by atoms with E-state index in [1.807, 2.05) is 18.2 Å². The highest BCUT2D eigenvalue weighted by Crippen LogP contribution is 2.51. The van der Waals surface area contributed by atoms with Gasteiger partial charge in [-0.2, -0.15) is 5.26 Å². The SMILES string of the molecule is [2H]C1(c2c(C#N)ccc3c2oc2c(-c4cccc[n+]4C)c(C)ccc23)CC2CCCCC2C1. The molecule has 0 spiro atoms. The lowest BCUT2D eigenvalue weighted by molar-refractivity contribution is -0.660. The Morgan fingerprint density at radius 1 is 1.00 bits per heavy atom. The fourth-order valence-corrected chi connectivity index (χ4v) is 6.29. The van der Waals surface area contributed by atoms with E-state index in [0.29, 0.717) is 17.4 Å². The fraction of sp³-hybridized carbons (Fsp3) is 0.379. The van der Waals surface area contributed by atoms with Crippen LogP contribution in [-0.4, -0.2) is 0 Å². The van der Waals surface area contributed by atoms with Crippen molar-refractivity contribution in [2.75, 3.05) is 0 Å². The summed E-state index contributed by atoms with van der Waals surface area (Å²) in [6, 6.07) is 16.8. The number of hydrogen-bond donors (Lipinski definition) is 0. The van der Waals surface area contributed by atoms with Gasteiger partial charge in [0.2, 0.25) is 5.69 Å². The summed E-state index contributed by atoms with van der Waals surface area (Å²) in [5, 5.41) is 12.1. The first kappa shape index (κ1) is 18.5. The van der Waals surface area contributed by atoms with Crippen LogP contribution in [0.3, 0.4) is 0 Å². The van der Waals surface area contributed by atoms with Gasteiger partial charge in [0.15, 0.2) is 6.20 Å². The molecule has 2 aromatic heterocycles. The Hall–Kier alpha value is -3.12. The Bertz CT molecular complexity index is 1430. The first-order valence-electron chi connectivity index (χ1n) is 12.3. The van der Waals surface area contributed by atoms with Gasteiger partial charge in [-0.1, -0.05) is 37.8 Å². The van der Waals surface area contributed by atoms with Gasteiger partial charge in [0.25, 0.3) is 0 Å². The Morgan fingerprint density at radius 2 is 1.72 bits per heavy atom. The molecule has 2 aromatic carbocycles. The number of nitrogens with zero attached hydrogens (tertiary/aromatic N) is 2. The van der Waals surface area contributed by atoms with E-state index in [9.17, 15) is 6.63 Å². The molecular weight excluding hydrogens is 392 g/mol. The standard InChI is InChI=1S/C29H29N2O/c1-18-10-12-23-24-13-11-21(17-30)27(22-15-19-7-3-4-8-20(19)16-22)29(24)32-28(23)26(18)25-9-5-6-14-31(25)2/h5-6,9-14,19-20,22H,3-4,7-8,15-16H2,1-2H3/q+1/i22D. The van der Waals surface area contributed by atoms with E-state index in [-0.39, 0.29) is 0 Å². The van der Waals surface area contributed by atoms with Crippen molar-refractivity contribution >= 4 is 21.9 Å². The molecule has 2 aliphatic carbocycles. The molecule has 0 bridgehead atoms. The molecule has 2 aliphatic rings. The highest BCUT2D eigenvalue weighted by atomic mass is 16.3. The van der Waals surface area contributed by atoms with Crippen LogP contribution in [0.1, 0.15) is 62.5 Å². The second-order valence-corrected chi connectivity index (χ2v) is 9.73. The van der Waals surface area contributed by atoms with Crippen LogP contribution in [0.25, 0.3) is 33.2 Å². The van der Waals surface area contributed by atoms with Gasteiger partial charge in [0, 0.05) is 29.8 Å². The maximum absolute atomic E-state index is 10.0. The smallest absolute Gasteiger partial charge is 0.216 e. The average molecular weight is 423 g/mol. The van der Waals surface area contributed by atoms with Gasteiger partial charge in [-0.05, 0) is 61.3 Å². The van der Waals surface area contributed by atoms with E-state index in [1.165, 1.54) is 25.7 Å². The molecule has 2 heterocycles. The van der Waals surface area contributed by atoms with Crippen molar-refractivity contribution in [2.24, 2.45) is 18.9 Å². The lowest BCUT2D eigenvalue weighted by Crippen LogP contribution is -2.30. The second kappa shape index (κ2) is 7.48. The molecule has 0 N–H and O–H groups in total. The van der Waals surface area contributed by atoms with Gasteiger partial charge in [0.05, 0.1) is 17.2 Å². The molecule has 3 heteroatoms. The molecule has 2 atom stereocenters. The first-order valence-corrected chi connectivity index (χ1v) is 11.8. The van der Waals surface area contributed by atoms with Crippen LogP contribution in [-0.2, 0) is 7.05 Å². The van der Waals surface area contributed by atoms with Gasteiger partial charge in [-0.25, -0.2) is 4.57 Å². The number of fused-ring (bicyclic) bond motifs is 4. The van der Waals surface area contributed by atoms with E-state index in [4.69, 9.17) is 4.42 Å². The Kier molecular flexibility index (Phi) is 4.32. The Labute approximate surface area is 190 Å². The third-order valence-corrected chi connectivity index (χ3v) is 7.89. The van der Waals surface area contributed by atoms with E-state index in [0.717, 1.165) is 57.2 Å². The molecule has 2 unspecified atom stereocenters. The number of rotatable bonds is 2. The van der Waals surface area contributed by atoms with Crippen LogP contribution in [0, 0.1) is 30.1 Å². The van der Waals surface area contributed by atoms with Gasteiger partial charge in [0.1, 0.15) is 18.2 Å². The molecule has 0 aliphatic heterocycles. The molecule has 4 aromatic rings. The van der Waals surface area contributed by atoms with Crippen molar-refractivity contribution < 1.29 is 10.4 Å². The maximum Gasteiger partial charge on any atom is 0.216 e. The number of hydrogen-bond acceptors (Lipinski definition) is 2. The number of furan rings is 1. The van der Waals surface area contributed by atoms with E-state index >= 15 is 0 Å². The third-order valence-electron chi connectivity index (χ3n) is 7.89. The third kappa shape index (κ3) is 2.89. The number of pyridine rings is 1. The highest BCUT2D eigenvalue weighted by Gasteiger charge is 2.38.